The summed E-state index contributed by atoms with van der Waals surface area (Å²) >= 11 is 0. The highest BCUT2D eigenvalue weighted by Gasteiger charge is 2.83. The van der Waals surface area contributed by atoms with Gasteiger partial charge in [-0.1, -0.05) is 39.5 Å². The second-order valence-corrected chi connectivity index (χ2v) is 9.78. The molecule has 3 aliphatic carbocycles. The Morgan fingerprint density at radius 3 is 2.38 bits per heavy atom. The minimum atomic E-state index is -1.31. The standard InChI is InChI=1S/C20H33N3O3/c1-18(2)19(7-4-8-19)20(18)10-14(22-11-20)17(26)23-13(15(24)16(21)25)9-12-5-3-6-12/h12-15,22,24H,3-11H2,1-2H3,(H2,21,25)(H,23,26)/t13?,14-,15?,20?/m0/s1. The normalized spacial score (nSPS) is 36.2. The van der Waals surface area contributed by atoms with Gasteiger partial charge in [0, 0.05) is 6.54 Å². The summed E-state index contributed by atoms with van der Waals surface area (Å²) in [6.45, 7) is 5.60. The molecule has 4 atom stereocenters. The SMILES string of the molecule is CC1(C)C2(CCC2)C12CN[C@H](C(=O)NC(CC1CCC1)C(O)C(N)=O)C2. The Balaban J connectivity index is 1.40. The van der Waals surface area contributed by atoms with Crippen LogP contribution in [-0.2, 0) is 9.59 Å². The summed E-state index contributed by atoms with van der Waals surface area (Å²) in [5, 5.41) is 16.5. The molecule has 1 aliphatic heterocycles. The van der Waals surface area contributed by atoms with Gasteiger partial charge in [0.2, 0.25) is 11.8 Å². The topological polar surface area (TPSA) is 104 Å². The Kier molecular flexibility index (Phi) is 4.16. The highest BCUT2D eigenvalue weighted by atomic mass is 16.3. The van der Waals surface area contributed by atoms with E-state index in [-0.39, 0.29) is 17.4 Å². The van der Waals surface area contributed by atoms with Gasteiger partial charge in [-0.25, -0.2) is 0 Å². The van der Waals surface area contributed by atoms with Gasteiger partial charge in [0.25, 0.3) is 0 Å². The number of hydrogen-bond donors (Lipinski definition) is 4. The van der Waals surface area contributed by atoms with Crippen molar-refractivity contribution in [3.63, 3.8) is 0 Å². The number of nitrogens with one attached hydrogen (secondary N) is 2. The summed E-state index contributed by atoms with van der Waals surface area (Å²) < 4.78 is 0. The molecule has 0 radical (unpaired) electrons. The summed E-state index contributed by atoms with van der Waals surface area (Å²) in [5.41, 5.74) is 6.23. The van der Waals surface area contributed by atoms with Gasteiger partial charge in [-0.2, -0.15) is 0 Å². The maximum Gasteiger partial charge on any atom is 0.248 e. The first kappa shape index (κ1) is 18.2. The number of carbonyl (C=O) groups is 2. The van der Waals surface area contributed by atoms with Crippen molar-refractivity contribution >= 4 is 11.8 Å². The minimum absolute atomic E-state index is 0.0938. The van der Waals surface area contributed by atoms with E-state index in [2.05, 4.69) is 24.5 Å². The van der Waals surface area contributed by atoms with Gasteiger partial charge in [0.1, 0.15) is 0 Å². The fourth-order valence-electron chi connectivity index (χ4n) is 6.55. The Hall–Kier alpha value is -1.14. The van der Waals surface area contributed by atoms with Crippen LogP contribution in [0.3, 0.4) is 0 Å². The van der Waals surface area contributed by atoms with Crippen molar-refractivity contribution in [2.24, 2.45) is 27.9 Å². The van der Waals surface area contributed by atoms with Crippen molar-refractivity contribution in [3.05, 3.63) is 0 Å². The molecule has 6 heteroatoms. The molecule has 0 aromatic rings. The molecular formula is C20H33N3O3. The largest absolute Gasteiger partial charge is 0.381 e. The maximum absolute atomic E-state index is 12.9. The van der Waals surface area contributed by atoms with Crippen LogP contribution in [0, 0.1) is 22.2 Å². The van der Waals surface area contributed by atoms with Crippen LogP contribution >= 0.6 is 0 Å². The first-order valence-corrected chi connectivity index (χ1v) is 10.3. The van der Waals surface area contributed by atoms with Crippen molar-refractivity contribution in [2.45, 2.75) is 83.4 Å². The van der Waals surface area contributed by atoms with E-state index in [0.717, 1.165) is 25.8 Å². The summed E-state index contributed by atoms with van der Waals surface area (Å²) in [4.78, 5) is 24.3. The fourth-order valence-corrected chi connectivity index (χ4v) is 6.55. The lowest BCUT2D eigenvalue weighted by Gasteiger charge is -2.32. The van der Waals surface area contributed by atoms with Crippen molar-refractivity contribution in [3.8, 4) is 0 Å². The van der Waals surface area contributed by atoms with Gasteiger partial charge >= 0.3 is 0 Å². The van der Waals surface area contributed by atoms with Crippen LogP contribution in [0.15, 0.2) is 0 Å². The van der Waals surface area contributed by atoms with E-state index in [9.17, 15) is 14.7 Å². The molecule has 4 aliphatic rings. The van der Waals surface area contributed by atoms with Gasteiger partial charge < -0.3 is 21.5 Å². The van der Waals surface area contributed by atoms with E-state index in [0.29, 0.717) is 23.2 Å². The third-order valence-electron chi connectivity index (χ3n) is 8.79. The van der Waals surface area contributed by atoms with Crippen molar-refractivity contribution < 1.29 is 14.7 Å². The highest BCUT2D eigenvalue weighted by Crippen LogP contribution is 2.87. The van der Waals surface area contributed by atoms with Crippen LogP contribution in [-0.4, -0.2) is 41.7 Å². The molecule has 3 unspecified atom stereocenters. The van der Waals surface area contributed by atoms with Crippen LogP contribution in [0.2, 0.25) is 0 Å². The number of aliphatic hydroxyl groups is 1. The molecule has 4 fully saturated rings. The first-order valence-electron chi connectivity index (χ1n) is 10.3. The molecule has 4 rings (SSSR count). The monoisotopic (exact) mass is 363 g/mol. The quantitative estimate of drug-likeness (QED) is 0.566. The summed E-state index contributed by atoms with van der Waals surface area (Å²) in [5.74, 6) is -0.385. The molecule has 0 bridgehead atoms. The molecule has 2 spiro atoms. The first-order chi connectivity index (χ1) is 12.2. The molecule has 3 saturated carbocycles. The lowest BCUT2D eigenvalue weighted by molar-refractivity contribution is -0.130. The smallest absolute Gasteiger partial charge is 0.248 e. The second-order valence-electron chi connectivity index (χ2n) is 9.78. The van der Waals surface area contributed by atoms with Crippen molar-refractivity contribution in [2.75, 3.05) is 6.54 Å². The van der Waals surface area contributed by atoms with E-state index in [4.69, 9.17) is 5.73 Å². The molecule has 1 saturated heterocycles. The molecule has 2 amide bonds. The zero-order valence-electron chi connectivity index (χ0n) is 16.0. The zero-order chi connectivity index (χ0) is 18.7. The Morgan fingerprint density at radius 1 is 1.23 bits per heavy atom. The Labute approximate surface area is 155 Å². The predicted octanol–water partition coefficient (Wildman–Crippen LogP) is 1.07. The lowest BCUT2D eigenvalue weighted by atomic mass is 9.73. The van der Waals surface area contributed by atoms with Gasteiger partial charge in [-0.3, -0.25) is 9.59 Å². The molecule has 6 nitrogen and oxygen atoms in total. The van der Waals surface area contributed by atoms with Gasteiger partial charge in [-0.05, 0) is 47.8 Å². The van der Waals surface area contributed by atoms with E-state index in [1.807, 2.05) is 0 Å². The summed E-state index contributed by atoms with van der Waals surface area (Å²) in [6, 6.07) is -0.813. The predicted molar refractivity (Wildman–Crippen MR) is 98.0 cm³/mol. The Bertz CT molecular complexity index is 611. The summed E-state index contributed by atoms with van der Waals surface area (Å²) in [7, 11) is 0. The van der Waals surface area contributed by atoms with Gasteiger partial charge in [0.05, 0.1) is 12.1 Å². The number of hydrogen-bond acceptors (Lipinski definition) is 4. The molecule has 5 N–H and O–H groups in total. The fraction of sp³-hybridized carbons (Fsp3) is 0.900. The van der Waals surface area contributed by atoms with E-state index >= 15 is 0 Å². The zero-order valence-corrected chi connectivity index (χ0v) is 16.0. The number of carbonyl (C=O) groups excluding carboxylic acids is 2. The minimum Gasteiger partial charge on any atom is -0.381 e. The van der Waals surface area contributed by atoms with Crippen LogP contribution in [0.25, 0.3) is 0 Å². The molecule has 0 aromatic heterocycles. The summed E-state index contributed by atoms with van der Waals surface area (Å²) in [6.07, 6.45) is 7.40. The maximum atomic E-state index is 12.9. The molecule has 146 valence electrons. The van der Waals surface area contributed by atoms with Crippen molar-refractivity contribution in [1.29, 1.82) is 0 Å². The van der Waals surface area contributed by atoms with E-state index in [1.165, 1.54) is 25.7 Å². The van der Waals surface area contributed by atoms with Crippen LogP contribution in [0.5, 0.6) is 0 Å². The molecule has 1 heterocycles. The average molecular weight is 364 g/mol. The van der Waals surface area contributed by atoms with Crippen LogP contribution in [0.1, 0.15) is 65.2 Å². The van der Waals surface area contributed by atoms with Gasteiger partial charge in [-0.15, -0.1) is 0 Å². The number of amides is 2. The second kappa shape index (κ2) is 5.93. The van der Waals surface area contributed by atoms with E-state index in [1.54, 1.807) is 0 Å². The number of fused-ring (bicyclic) bond motifs is 1. The molecule has 0 aromatic carbocycles. The van der Waals surface area contributed by atoms with Crippen molar-refractivity contribution in [1.82, 2.24) is 10.6 Å². The molecule has 26 heavy (non-hydrogen) atoms. The van der Waals surface area contributed by atoms with Crippen LogP contribution < -0.4 is 16.4 Å². The lowest BCUT2D eigenvalue weighted by Crippen LogP contribution is -2.54. The Morgan fingerprint density at radius 2 is 1.92 bits per heavy atom. The van der Waals surface area contributed by atoms with E-state index < -0.39 is 18.1 Å². The third kappa shape index (κ3) is 2.30. The van der Waals surface area contributed by atoms with Crippen LogP contribution in [0.4, 0.5) is 0 Å². The molecular weight excluding hydrogens is 330 g/mol. The average Bonchev–Trinajstić information content (AvgIpc) is 2.81. The number of primary amides is 1. The highest BCUT2D eigenvalue weighted by molar-refractivity contribution is 5.85. The third-order valence-corrected chi connectivity index (χ3v) is 8.79. The van der Waals surface area contributed by atoms with Gasteiger partial charge in [0.15, 0.2) is 6.10 Å². The number of rotatable bonds is 6. The number of aliphatic hydroxyl groups excluding tert-OH is 1. The number of nitrogens with two attached hydrogens (primary N) is 1.